The van der Waals surface area contributed by atoms with Crippen molar-refractivity contribution in [1.29, 1.82) is 0 Å². The van der Waals surface area contributed by atoms with Gasteiger partial charge >= 0.3 is 0 Å². The molecule has 3 aromatic rings. The van der Waals surface area contributed by atoms with Gasteiger partial charge in [0.1, 0.15) is 0 Å². The highest BCUT2D eigenvalue weighted by Crippen LogP contribution is 2.32. The Kier molecular flexibility index (Phi) is 5.67. The van der Waals surface area contributed by atoms with Gasteiger partial charge in [0.25, 0.3) is 0 Å². The Bertz CT molecular complexity index is 889. The van der Waals surface area contributed by atoms with Gasteiger partial charge in [-0.25, -0.2) is 9.97 Å². The van der Waals surface area contributed by atoms with Crippen molar-refractivity contribution in [2.75, 3.05) is 18.4 Å². The molecule has 28 heavy (non-hydrogen) atoms. The first kappa shape index (κ1) is 18.6. The Hall–Kier alpha value is -2.73. The summed E-state index contributed by atoms with van der Waals surface area (Å²) in [5.41, 5.74) is 4.56. The summed E-state index contributed by atoms with van der Waals surface area (Å²) in [5, 5.41) is 10.9. The number of nitrogens with one attached hydrogen (secondary N) is 2. The second-order valence-electron chi connectivity index (χ2n) is 7.82. The fraction of sp³-hybridized carbons (Fsp3) is 0.409. The molecule has 3 heterocycles. The van der Waals surface area contributed by atoms with Crippen LogP contribution >= 0.6 is 0 Å². The average molecular weight is 377 g/mol. The van der Waals surface area contributed by atoms with Gasteiger partial charge in [-0.05, 0) is 44.9 Å². The Morgan fingerprint density at radius 2 is 2.07 bits per heavy atom. The molecule has 6 nitrogen and oxygen atoms in total. The first-order valence-electron chi connectivity index (χ1n) is 10.1. The minimum Gasteiger partial charge on any atom is -0.352 e. The summed E-state index contributed by atoms with van der Waals surface area (Å²) in [6, 6.07) is 13.0. The molecule has 2 N–H and O–H groups in total. The maximum absolute atomic E-state index is 4.70. The summed E-state index contributed by atoms with van der Waals surface area (Å²) in [4.78, 5) is 11.6. The normalized spacial score (nSPS) is 17.8. The molecule has 6 heteroatoms. The van der Waals surface area contributed by atoms with Gasteiger partial charge in [0.2, 0.25) is 5.95 Å². The molecule has 0 aliphatic carbocycles. The minimum atomic E-state index is 0.295. The number of nitrogens with zero attached hydrogens (tertiary/aromatic N) is 4. The van der Waals surface area contributed by atoms with Crippen molar-refractivity contribution >= 4 is 5.95 Å². The third-order valence-electron chi connectivity index (χ3n) is 5.18. The molecule has 1 fully saturated rings. The SMILES string of the molecule is CC(C)Nc1nccc(-c2cn[nH]c2C2CCCN(Cc3ccccc3)C2)n1. The van der Waals surface area contributed by atoms with Crippen molar-refractivity contribution in [1.82, 2.24) is 25.1 Å². The van der Waals surface area contributed by atoms with Crippen LogP contribution in [-0.2, 0) is 6.54 Å². The molecule has 1 aliphatic heterocycles. The van der Waals surface area contributed by atoms with E-state index in [0.717, 1.165) is 30.9 Å². The van der Waals surface area contributed by atoms with Gasteiger partial charge in [-0.2, -0.15) is 5.10 Å². The van der Waals surface area contributed by atoms with Crippen LogP contribution in [0.2, 0.25) is 0 Å². The molecule has 146 valence electrons. The van der Waals surface area contributed by atoms with Crippen LogP contribution in [-0.4, -0.2) is 44.2 Å². The number of H-pyrrole nitrogens is 1. The van der Waals surface area contributed by atoms with Gasteiger partial charge in [0.05, 0.1) is 11.9 Å². The maximum atomic E-state index is 4.70. The zero-order chi connectivity index (χ0) is 19.3. The lowest BCUT2D eigenvalue weighted by Crippen LogP contribution is -2.34. The number of anilines is 1. The van der Waals surface area contributed by atoms with Gasteiger partial charge in [0.15, 0.2) is 0 Å². The Balaban J connectivity index is 1.52. The smallest absolute Gasteiger partial charge is 0.223 e. The number of benzene rings is 1. The predicted octanol–water partition coefficient (Wildman–Crippen LogP) is 4.07. The van der Waals surface area contributed by atoms with Crippen molar-refractivity contribution in [2.45, 2.75) is 45.2 Å². The van der Waals surface area contributed by atoms with Crippen molar-refractivity contribution in [3.8, 4) is 11.3 Å². The van der Waals surface area contributed by atoms with E-state index in [-0.39, 0.29) is 0 Å². The van der Waals surface area contributed by atoms with Gasteiger partial charge in [0, 0.05) is 42.5 Å². The number of aromatic nitrogens is 4. The van der Waals surface area contributed by atoms with Gasteiger partial charge in [-0.15, -0.1) is 0 Å². The molecule has 2 aromatic heterocycles. The lowest BCUT2D eigenvalue weighted by molar-refractivity contribution is 0.198. The van der Waals surface area contributed by atoms with Crippen LogP contribution in [0.5, 0.6) is 0 Å². The number of rotatable bonds is 6. The van der Waals surface area contributed by atoms with E-state index in [1.54, 1.807) is 0 Å². The second kappa shape index (κ2) is 8.52. The summed E-state index contributed by atoms with van der Waals surface area (Å²) >= 11 is 0. The zero-order valence-corrected chi connectivity index (χ0v) is 16.6. The lowest BCUT2D eigenvalue weighted by atomic mass is 9.91. The Morgan fingerprint density at radius 3 is 2.89 bits per heavy atom. The maximum Gasteiger partial charge on any atom is 0.223 e. The monoisotopic (exact) mass is 376 g/mol. The lowest BCUT2D eigenvalue weighted by Gasteiger charge is -2.32. The second-order valence-corrected chi connectivity index (χ2v) is 7.82. The quantitative estimate of drug-likeness (QED) is 0.679. The summed E-state index contributed by atoms with van der Waals surface area (Å²) in [6.07, 6.45) is 6.07. The molecular weight excluding hydrogens is 348 g/mol. The standard InChI is InChI=1S/C22H28N6/c1-16(2)25-22-23-11-10-20(26-22)19-13-24-27-21(19)18-9-6-12-28(15-18)14-17-7-4-3-5-8-17/h3-5,7-8,10-11,13,16,18H,6,9,12,14-15H2,1-2H3,(H,24,27)(H,23,25,26). The van der Waals surface area contributed by atoms with E-state index >= 15 is 0 Å². The number of hydrogen-bond donors (Lipinski definition) is 2. The topological polar surface area (TPSA) is 69.7 Å². The molecular formula is C22H28N6. The largest absolute Gasteiger partial charge is 0.352 e. The van der Waals surface area contributed by atoms with Crippen LogP contribution in [0.3, 0.4) is 0 Å². The van der Waals surface area contributed by atoms with Crippen molar-refractivity contribution in [2.24, 2.45) is 0 Å². The van der Waals surface area contributed by atoms with Crippen LogP contribution in [0.4, 0.5) is 5.95 Å². The molecule has 1 saturated heterocycles. The molecule has 1 aliphatic rings. The van der Waals surface area contributed by atoms with E-state index in [0.29, 0.717) is 17.9 Å². The molecule has 1 aromatic carbocycles. The molecule has 1 unspecified atom stereocenters. The zero-order valence-electron chi connectivity index (χ0n) is 16.6. The predicted molar refractivity (Wildman–Crippen MR) is 112 cm³/mol. The summed E-state index contributed by atoms with van der Waals surface area (Å²) in [6.45, 7) is 7.35. The van der Waals surface area contributed by atoms with Gasteiger partial charge in [-0.1, -0.05) is 30.3 Å². The molecule has 0 saturated carbocycles. The third kappa shape index (κ3) is 4.39. The van der Waals surface area contributed by atoms with Gasteiger partial charge < -0.3 is 5.32 Å². The average Bonchev–Trinajstić information content (AvgIpc) is 3.19. The van der Waals surface area contributed by atoms with E-state index in [1.165, 1.54) is 24.1 Å². The summed E-state index contributed by atoms with van der Waals surface area (Å²) in [7, 11) is 0. The van der Waals surface area contributed by atoms with Crippen molar-refractivity contribution in [3.05, 3.63) is 60.0 Å². The number of likely N-dealkylation sites (tertiary alicyclic amines) is 1. The Labute approximate surface area is 166 Å². The minimum absolute atomic E-state index is 0.295. The third-order valence-corrected chi connectivity index (χ3v) is 5.18. The number of piperidine rings is 1. The molecule has 0 amide bonds. The van der Waals surface area contributed by atoms with E-state index < -0.39 is 0 Å². The van der Waals surface area contributed by atoms with Crippen LogP contribution in [0.25, 0.3) is 11.3 Å². The molecule has 4 rings (SSSR count). The number of hydrogen-bond acceptors (Lipinski definition) is 5. The fourth-order valence-corrected chi connectivity index (χ4v) is 3.92. The molecule has 0 radical (unpaired) electrons. The van der Waals surface area contributed by atoms with E-state index in [1.807, 2.05) is 18.5 Å². The van der Waals surface area contributed by atoms with Crippen LogP contribution in [0.1, 0.15) is 43.9 Å². The molecule has 1 atom stereocenters. The van der Waals surface area contributed by atoms with Crippen molar-refractivity contribution < 1.29 is 0 Å². The van der Waals surface area contributed by atoms with Crippen LogP contribution in [0.15, 0.2) is 48.8 Å². The highest BCUT2D eigenvalue weighted by molar-refractivity contribution is 5.62. The molecule has 0 spiro atoms. The van der Waals surface area contributed by atoms with Gasteiger partial charge in [-0.3, -0.25) is 10.00 Å². The fourth-order valence-electron chi connectivity index (χ4n) is 3.92. The first-order chi connectivity index (χ1) is 13.7. The van der Waals surface area contributed by atoms with E-state index in [4.69, 9.17) is 4.98 Å². The van der Waals surface area contributed by atoms with Crippen LogP contribution in [0, 0.1) is 0 Å². The van der Waals surface area contributed by atoms with Crippen LogP contribution < -0.4 is 5.32 Å². The van der Waals surface area contributed by atoms with E-state index in [2.05, 4.69) is 69.6 Å². The Morgan fingerprint density at radius 1 is 1.21 bits per heavy atom. The number of aromatic amines is 1. The highest BCUT2D eigenvalue weighted by atomic mass is 15.2. The summed E-state index contributed by atoms with van der Waals surface area (Å²) < 4.78 is 0. The molecule has 0 bridgehead atoms. The van der Waals surface area contributed by atoms with Crippen molar-refractivity contribution in [3.63, 3.8) is 0 Å². The first-order valence-corrected chi connectivity index (χ1v) is 10.1. The summed E-state index contributed by atoms with van der Waals surface area (Å²) in [5.74, 6) is 1.10. The highest BCUT2D eigenvalue weighted by Gasteiger charge is 2.25. The van der Waals surface area contributed by atoms with E-state index in [9.17, 15) is 0 Å².